The molecule has 0 spiro atoms. The molecule has 0 aromatic heterocycles. The minimum atomic E-state index is -0.408. The van der Waals surface area contributed by atoms with Gasteiger partial charge in [-0.15, -0.1) is 5.73 Å². The van der Waals surface area contributed by atoms with E-state index >= 15 is 0 Å². The largest absolute Gasteiger partial charge is 0.269 e. The molecule has 1 rings (SSSR count). The summed E-state index contributed by atoms with van der Waals surface area (Å²) < 4.78 is 0. The summed E-state index contributed by atoms with van der Waals surface area (Å²) in [4.78, 5) is 9.95. The van der Waals surface area contributed by atoms with Crippen LogP contribution in [0.15, 0.2) is 35.6 Å². The molecule has 0 radical (unpaired) electrons. The first kappa shape index (κ1) is 10.2. The van der Waals surface area contributed by atoms with Crippen molar-refractivity contribution in [3.8, 4) is 0 Å². The molecule has 0 saturated carbocycles. The van der Waals surface area contributed by atoms with Crippen molar-refractivity contribution in [2.24, 2.45) is 0 Å². The number of rotatable bonds is 2. The van der Waals surface area contributed by atoms with Gasteiger partial charge in [-0.25, -0.2) is 0 Å². The van der Waals surface area contributed by atoms with Gasteiger partial charge in [0.05, 0.1) is 4.92 Å². The fourth-order valence-corrected chi connectivity index (χ4v) is 0.920. The molecule has 0 fully saturated rings. The number of benzene rings is 1. The molecule has 0 amide bonds. The van der Waals surface area contributed by atoms with E-state index in [1.54, 1.807) is 18.2 Å². The van der Waals surface area contributed by atoms with Gasteiger partial charge in [-0.05, 0) is 43.2 Å². The van der Waals surface area contributed by atoms with E-state index in [2.05, 4.69) is 5.73 Å². The lowest BCUT2D eigenvalue weighted by atomic mass is 10.2. The number of nitro groups is 1. The van der Waals surface area contributed by atoms with Gasteiger partial charge in [-0.1, -0.05) is 0 Å². The Morgan fingerprint density at radius 2 is 1.93 bits per heavy atom. The highest BCUT2D eigenvalue weighted by atomic mass is 16.6. The highest BCUT2D eigenvalue weighted by molar-refractivity contribution is 5.51. The number of non-ortho nitro benzene ring substituents is 1. The summed E-state index contributed by atoms with van der Waals surface area (Å²) in [6.45, 7) is 3.89. The summed E-state index contributed by atoms with van der Waals surface area (Å²) in [6.07, 6.45) is 1.80. The molecule has 1 aromatic rings. The highest BCUT2D eigenvalue weighted by Crippen LogP contribution is 2.12. The van der Waals surface area contributed by atoms with Crippen LogP contribution in [0.5, 0.6) is 0 Å². The molecule has 0 saturated heterocycles. The second kappa shape index (κ2) is 4.40. The molecule has 0 aliphatic rings. The molecule has 0 unspecified atom stereocenters. The minimum absolute atomic E-state index is 0.111. The Kier molecular flexibility index (Phi) is 3.21. The average Bonchev–Trinajstić information content (AvgIpc) is 2.15. The summed E-state index contributed by atoms with van der Waals surface area (Å²) in [5.41, 5.74) is 5.13. The average molecular weight is 189 g/mol. The lowest BCUT2D eigenvalue weighted by Crippen LogP contribution is -1.86. The van der Waals surface area contributed by atoms with E-state index in [4.69, 9.17) is 0 Å². The highest BCUT2D eigenvalue weighted by Gasteiger charge is 2.01. The Balaban J connectivity index is 2.95. The Hall–Kier alpha value is -1.86. The van der Waals surface area contributed by atoms with Crippen LogP contribution in [-0.2, 0) is 0 Å². The van der Waals surface area contributed by atoms with E-state index < -0.39 is 4.92 Å². The van der Waals surface area contributed by atoms with Crippen LogP contribution in [-0.4, -0.2) is 4.92 Å². The van der Waals surface area contributed by atoms with Gasteiger partial charge >= 0.3 is 0 Å². The van der Waals surface area contributed by atoms with Crippen LogP contribution in [0.2, 0.25) is 0 Å². The molecule has 1 aromatic carbocycles. The molecule has 0 heterocycles. The third-order valence-electron chi connectivity index (χ3n) is 1.63. The summed E-state index contributed by atoms with van der Waals surface area (Å²) in [6, 6.07) is 6.37. The molecular weight excluding hydrogens is 178 g/mol. The number of hydrogen-bond donors (Lipinski definition) is 0. The van der Waals surface area contributed by atoms with Gasteiger partial charge in [0, 0.05) is 12.1 Å². The topological polar surface area (TPSA) is 43.1 Å². The molecule has 3 heteroatoms. The summed E-state index contributed by atoms with van der Waals surface area (Å²) in [5, 5.41) is 10.4. The standard InChI is InChI=1S/C11H11NO2/c1-9(2)3-4-10-5-7-11(8-6-10)12(13)14/h4-8H,1-2H3. The van der Waals surface area contributed by atoms with Crippen molar-refractivity contribution in [1.29, 1.82) is 0 Å². The molecule has 0 bridgehead atoms. The smallest absolute Gasteiger partial charge is 0.258 e. The first-order chi connectivity index (χ1) is 6.59. The van der Waals surface area contributed by atoms with Gasteiger partial charge in [0.2, 0.25) is 0 Å². The number of hydrogen-bond acceptors (Lipinski definition) is 2. The van der Waals surface area contributed by atoms with E-state index in [1.165, 1.54) is 12.1 Å². The van der Waals surface area contributed by atoms with Crippen molar-refractivity contribution in [1.82, 2.24) is 0 Å². The monoisotopic (exact) mass is 189 g/mol. The van der Waals surface area contributed by atoms with Crippen molar-refractivity contribution >= 4 is 11.8 Å². The molecule has 72 valence electrons. The second-order valence-corrected chi connectivity index (χ2v) is 3.14. The van der Waals surface area contributed by atoms with Crippen LogP contribution < -0.4 is 0 Å². The van der Waals surface area contributed by atoms with Crippen molar-refractivity contribution in [2.75, 3.05) is 0 Å². The maximum absolute atomic E-state index is 10.4. The Bertz CT molecular complexity index is 394. The first-order valence-corrected chi connectivity index (χ1v) is 4.24. The quantitative estimate of drug-likeness (QED) is 0.407. The van der Waals surface area contributed by atoms with Crippen LogP contribution in [0.4, 0.5) is 5.69 Å². The Labute approximate surface area is 82.5 Å². The molecule has 0 aliphatic heterocycles. The molecule has 0 aliphatic carbocycles. The van der Waals surface area contributed by atoms with Gasteiger partial charge in [-0.3, -0.25) is 10.1 Å². The van der Waals surface area contributed by atoms with Gasteiger partial charge in [-0.2, -0.15) is 0 Å². The number of allylic oxidation sites excluding steroid dienone is 1. The summed E-state index contributed by atoms with van der Waals surface area (Å²) in [7, 11) is 0. The van der Waals surface area contributed by atoms with Crippen LogP contribution >= 0.6 is 0 Å². The van der Waals surface area contributed by atoms with Crippen LogP contribution in [0.3, 0.4) is 0 Å². The van der Waals surface area contributed by atoms with Crippen molar-refractivity contribution < 1.29 is 4.92 Å². The normalized spacial score (nSPS) is 9.00. The lowest BCUT2D eigenvalue weighted by Gasteiger charge is -1.91. The van der Waals surface area contributed by atoms with Crippen LogP contribution in [0.25, 0.3) is 6.08 Å². The number of nitrogens with zero attached hydrogens (tertiary/aromatic N) is 1. The zero-order chi connectivity index (χ0) is 10.6. The van der Waals surface area contributed by atoms with Crippen molar-refractivity contribution in [2.45, 2.75) is 13.8 Å². The minimum Gasteiger partial charge on any atom is -0.258 e. The third-order valence-corrected chi connectivity index (χ3v) is 1.63. The van der Waals surface area contributed by atoms with E-state index in [0.717, 1.165) is 11.1 Å². The number of nitro benzene ring substituents is 1. The van der Waals surface area contributed by atoms with E-state index in [9.17, 15) is 10.1 Å². The predicted molar refractivity (Wildman–Crippen MR) is 55.9 cm³/mol. The fourth-order valence-electron chi connectivity index (χ4n) is 0.920. The van der Waals surface area contributed by atoms with Crippen molar-refractivity contribution in [3.63, 3.8) is 0 Å². The predicted octanol–water partition coefficient (Wildman–Crippen LogP) is 3.17. The van der Waals surface area contributed by atoms with Gasteiger partial charge in [0.1, 0.15) is 0 Å². The van der Waals surface area contributed by atoms with E-state index in [1.807, 2.05) is 13.8 Å². The molecule has 0 atom stereocenters. The molecular formula is C11H11NO2. The fraction of sp³-hybridized carbons (Fsp3) is 0.182. The van der Waals surface area contributed by atoms with Crippen LogP contribution in [0.1, 0.15) is 19.4 Å². The van der Waals surface area contributed by atoms with Gasteiger partial charge < -0.3 is 0 Å². The van der Waals surface area contributed by atoms with E-state index in [-0.39, 0.29) is 5.69 Å². The lowest BCUT2D eigenvalue weighted by molar-refractivity contribution is -0.384. The molecule has 14 heavy (non-hydrogen) atoms. The Morgan fingerprint density at radius 3 is 2.36 bits per heavy atom. The molecule has 3 nitrogen and oxygen atoms in total. The second-order valence-electron chi connectivity index (χ2n) is 3.14. The zero-order valence-corrected chi connectivity index (χ0v) is 8.15. The van der Waals surface area contributed by atoms with Gasteiger partial charge in [0.25, 0.3) is 5.69 Å². The maximum atomic E-state index is 10.4. The van der Waals surface area contributed by atoms with Gasteiger partial charge in [0.15, 0.2) is 0 Å². The van der Waals surface area contributed by atoms with E-state index in [0.29, 0.717) is 0 Å². The first-order valence-electron chi connectivity index (χ1n) is 4.24. The summed E-state index contributed by atoms with van der Waals surface area (Å²) in [5.74, 6) is 0. The van der Waals surface area contributed by atoms with Crippen molar-refractivity contribution in [3.05, 3.63) is 51.2 Å². The molecule has 0 N–H and O–H groups in total. The zero-order valence-electron chi connectivity index (χ0n) is 8.15. The van der Waals surface area contributed by atoms with Crippen LogP contribution in [0, 0.1) is 10.1 Å². The third kappa shape index (κ3) is 2.88. The maximum Gasteiger partial charge on any atom is 0.269 e. The Morgan fingerprint density at radius 1 is 1.36 bits per heavy atom. The summed E-state index contributed by atoms with van der Waals surface area (Å²) >= 11 is 0. The SMILES string of the molecule is CC(C)=C=Cc1ccc([N+](=O)[O-])cc1.